The maximum absolute atomic E-state index is 14.5. The zero-order valence-electron chi connectivity index (χ0n) is 44.9. The van der Waals surface area contributed by atoms with E-state index in [1.165, 1.54) is 0 Å². The minimum atomic E-state index is -0.823. The van der Waals surface area contributed by atoms with E-state index >= 15 is 0 Å². The fourth-order valence-corrected chi connectivity index (χ4v) is 9.87. The molecule has 8 nitrogen and oxygen atoms in total. The summed E-state index contributed by atoms with van der Waals surface area (Å²) in [4.78, 5) is 42.2. The zero-order chi connectivity index (χ0) is 51.4. The molecule has 0 amide bonds. The second-order valence-electron chi connectivity index (χ2n) is 26.0. The Kier molecular flexibility index (Phi) is 12.4. The maximum Gasteiger partial charge on any atom is 0.323 e. The van der Waals surface area contributed by atoms with Gasteiger partial charge in [0.15, 0.2) is 0 Å². The molecule has 3 aliphatic rings. The van der Waals surface area contributed by atoms with E-state index in [1.54, 1.807) is 0 Å². The Bertz CT molecular complexity index is 2910. The van der Waals surface area contributed by atoms with Crippen LogP contribution >= 0.6 is 0 Å². The molecule has 3 aliphatic heterocycles. The van der Waals surface area contributed by atoms with Gasteiger partial charge in [0.25, 0.3) is 0 Å². The van der Waals surface area contributed by atoms with E-state index in [4.69, 9.17) is 23.7 Å². The Morgan fingerprint density at radius 3 is 1.10 bits per heavy atom. The number of hydrogen-bond donors (Lipinski definition) is 0. The zero-order valence-corrected chi connectivity index (χ0v) is 44.9. The van der Waals surface area contributed by atoms with E-state index in [1.807, 2.05) is 42.5 Å². The predicted octanol–water partition coefficient (Wildman–Crippen LogP) is 14.1. The molecule has 3 atom stereocenters. The highest BCUT2D eigenvalue weighted by Crippen LogP contribution is 2.52. The van der Waals surface area contributed by atoms with Gasteiger partial charge in [-0.15, -0.1) is 0 Å². The van der Waals surface area contributed by atoms with Gasteiger partial charge >= 0.3 is 17.9 Å². The van der Waals surface area contributed by atoms with Gasteiger partial charge in [0.2, 0.25) is 0 Å². The summed E-state index contributed by atoms with van der Waals surface area (Å²) in [6, 6.07) is 26.2. The lowest BCUT2D eigenvalue weighted by molar-refractivity contribution is -0.134. The van der Waals surface area contributed by atoms with Gasteiger partial charge in [-0.1, -0.05) is 179 Å². The van der Waals surface area contributed by atoms with E-state index in [0.29, 0.717) is 39.9 Å². The van der Waals surface area contributed by atoms with E-state index in [-0.39, 0.29) is 57.6 Å². The fraction of sp³-hybridized carbons (Fsp3) is 0.468. The minimum absolute atomic E-state index is 0.118. The van der Waals surface area contributed by atoms with Crippen molar-refractivity contribution in [3.05, 3.63) is 146 Å². The summed E-state index contributed by atoms with van der Waals surface area (Å²) >= 11 is 0. The normalized spacial score (nSPS) is 18.3. The second-order valence-corrected chi connectivity index (χ2v) is 26.0. The van der Waals surface area contributed by atoms with Crippen molar-refractivity contribution in [2.45, 2.75) is 175 Å². The summed E-state index contributed by atoms with van der Waals surface area (Å²) in [7, 11) is 0. The lowest BCUT2D eigenvalue weighted by atomic mass is 9.76. The molecule has 0 N–H and O–H groups in total. The van der Waals surface area contributed by atoms with Crippen molar-refractivity contribution in [1.82, 2.24) is 0 Å². The van der Waals surface area contributed by atoms with Gasteiger partial charge in [0.1, 0.15) is 59.7 Å². The second kappa shape index (κ2) is 17.2. The smallest absolute Gasteiger partial charge is 0.323 e. The summed E-state index contributed by atoms with van der Waals surface area (Å²) in [5.74, 6) is -0.184. The van der Waals surface area contributed by atoms with E-state index in [9.17, 15) is 14.4 Å². The van der Waals surface area contributed by atoms with Crippen molar-refractivity contribution < 1.29 is 38.1 Å². The molecule has 3 unspecified atom stereocenters. The predicted molar refractivity (Wildman–Crippen MR) is 278 cm³/mol. The first-order valence-electron chi connectivity index (χ1n) is 24.9. The SMILES string of the molecule is CC(C)(C)c1cc2c(c(C(C)(C)C)c1)OC(=O)C2c1ccc(OCCOc2ccc(C3C(=O)Oc4c3cc(C(C)(C)C)cc4C(C)(C)C)cc2C2C(=O)Oc3c2cc(C(C)(C)C)cc3C(C)(C)C)cc1. The average Bonchev–Trinajstić information content (AvgIpc) is 3.87. The molecular weight excluding hydrogens is 873 g/mol. The molecule has 5 aromatic rings. The Morgan fingerprint density at radius 1 is 0.371 bits per heavy atom. The highest BCUT2D eigenvalue weighted by molar-refractivity contribution is 5.93. The standard InChI is InChI=1S/C62H74O8/c1-57(2,3)36-28-41-48(54(63)68-51(41)44(31-36)60(10,11)12)34-19-22-39(23-20-34)66-25-26-67-47-24-21-35(49-42-29-37(58(4,5)6)32-45(61(13,14)15)52(42)69-55(49)64)27-40(47)50-43-30-38(59(7,8)9)33-46(62(16,17)18)53(43)70-56(50)65/h19-24,27-33,48-50H,25-26H2,1-18H3. The summed E-state index contributed by atoms with van der Waals surface area (Å²) in [6.45, 7) is 39.2. The molecule has 0 radical (unpaired) electrons. The first-order chi connectivity index (χ1) is 32.2. The summed E-state index contributed by atoms with van der Waals surface area (Å²) in [6.07, 6.45) is 0. The van der Waals surface area contributed by atoms with Crippen LogP contribution in [-0.4, -0.2) is 31.1 Å². The van der Waals surface area contributed by atoms with Crippen LogP contribution in [0.5, 0.6) is 28.7 Å². The van der Waals surface area contributed by atoms with Crippen molar-refractivity contribution in [1.29, 1.82) is 0 Å². The van der Waals surface area contributed by atoms with Gasteiger partial charge in [-0.05, 0) is 84.6 Å². The average molecular weight is 947 g/mol. The molecule has 0 fully saturated rings. The highest BCUT2D eigenvalue weighted by Gasteiger charge is 2.44. The van der Waals surface area contributed by atoms with Crippen molar-refractivity contribution in [2.24, 2.45) is 0 Å². The summed E-state index contributed by atoms with van der Waals surface area (Å²) in [5.41, 5.74) is 9.60. The maximum atomic E-state index is 14.5. The minimum Gasteiger partial charge on any atom is -0.490 e. The topological polar surface area (TPSA) is 97.4 Å². The number of benzene rings is 5. The van der Waals surface area contributed by atoms with Gasteiger partial charge in [0, 0.05) is 38.9 Å². The van der Waals surface area contributed by atoms with Crippen LogP contribution < -0.4 is 23.7 Å². The van der Waals surface area contributed by atoms with E-state index in [2.05, 4.69) is 161 Å². The number of fused-ring (bicyclic) bond motifs is 3. The summed E-state index contributed by atoms with van der Waals surface area (Å²) in [5, 5.41) is 0. The van der Waals surface area contributed by atoms with Crippen molar-refractivity contribution in [2.75, 3.05) is 13.2 Å². The highest BCUT2D eigenvalue weighted by atomic mass is 16.6. The molecule has 70 heavy (non-hydrogen) atoms. The van der Waals surface area contributed by atoms with Crippen LogP contribution in [0.1, 0.15) is 209 Å². The molecule has 0 spiro atoms. The molecule has 0 saturated carbocycles. The van der Waals surface area contributed by atoms with E-state index in [0.717, 1.165) is 55.6 Å². The van der Waals surface area contributed by atoms with Crippen LogP contribution in [0.25, 0.3) is 0 Å². The third-order valence-electron chi connectivity index (χ3n) is 14.1. The van der Waals surface area contributed by atoms with Crippen LogP contribution in [0.2, 0.25) is 0 Å². The van der Waals surface area contributed by atoms with E-state index < -0.39 is 23.7 Å². The lowest BCUT2D eigenvalue weighted by Crippen LogP contribution is -2.18. The van der Waals surface area contributed by atoms with Gasteiger partial charge in [-0.2, -0.15) is 0 Å². The molecule has 370 valence electrons. The Labute approximate surface area is 416 Å². The van der Waals surface area contributed by atoms with Gasteiger partial charge in [-0.25, -0.2) is 0 Å². The van der Waals surface area contributed by atoms with Crippen molar-refractivity contribution in [3.8, 4) is 28.7 Å². The number of esters is 3. The molecule has 0 aromatic heterocycles. The molecule has 8 rings (SSSR count). The van der Waals surface area contributed by atoms with Crippen molar-refractivity contribution in [3.63, 3.8) is 0 Å². The fourth-order valence-electron chi connectivity index (χ4n) is 9.87. The Hall–Kier alpha value is -5.89. The first-order valence-corrected chi connectivity index (χ1v) is 24.9. The van der Waals surface area contributed by atoms with Crippen LogP contribution in [0.3, 0.4) is 0 Å². The number of carbonyl (C=O) groups is 3. The Balaban J connectivity index is 1.13. The lowest BCUT2D eigenvalue weighted by Gasteiger charge is -2.27. The molecule has 5 aromatic carbocycles. The largest absolute Gasteiger partial charge is 0.490 e. The quantitative estimate of drug-likeness (QED) is 0.0862. The summed E-state index contributed by atoms with van der Waals surface area (Å²) < 4.78 is 31.3. The van der Waals surface area contributed by atoms with Gasteiger partial charge in [0.05, 0.1) is 0 Å². The third-order valence-corrected chi connectivity index (χ3v) is 14.1. The number of carbonyl (C=O) groups excluding carboxylic acids is 3. The molecule has 0 bridgehead atoms. The number of ether oxygens (including phenoxy) is 5. The van der Waals surface area contributed by atoms with Crippen LogP contribution in [0.15, 0.2) is 78.9 Å². The molecular formula is C62H74O8. The van der Waals surface area contributed by atoms with Crippen molar-refractivity contribution >= 4 is 17.9 Å². The molecule has 3 heterocycles. The monoisotopic (exact) mass is 947 g/mol. The van der Waals surface area contributed by atoms with Crippen LogP contribution in [-0.2, 0) is 46.9 Å². The molecule has 8 heteroatoms. The first kappa shape index (κ1) is 50.5. The molecule has 0 aliphatic carbocycles. The third kappa shape index (κ3) is 9.52. The van der Waals surface area contributed by atoms with Crippen LogP contribution in [0.4, 0.5) is 0 Å². The number of hydrogen-bond acceptors (Lipinski definition) is 8. The Morgan fingerprint density at radius 2 is 0.714 bits per heavy atom. The molecule has 0 saturated heterocycles. The van der Waals surface area contributed by atoms with Gasteiger partial charge in [-0.3, -0.25) is 14.4 Å². The van der Waals surface area contributed by atoms with Crippen LogP contribution in [0, 0.1) is 0 Å². The number of rotatable bonds is 8. The van der Waals surface area contributed by atoms with Gasteiger partial charge < -0.3 is 23.7 Å².